The molecule has 96 valence electrons. The highest BCUT2D eigenvalue weighted by Crippen LogP contribution is 2.37. The average Bonchev–Trinajstić information content (AvgIpc) is 2.81. The molecule has 0 saturated heterocycles. The van der Waals surface area contributed by atoms with Crippen LogP contribution < -0.4 is 11.1 Å². The van der Waals surface area contributed by atoms with Gasteiger partial charge < -0.3 is 11.1 Å². The van der Waals surface area contributed by atoms with Gasteiger partial charge in [-0.05, 0) is 29.8 Å². The summed E-state index contributed by atoms with van der Waals surface area (Å²) in [5, 5.41) is 2.84. The van der Waals surface area contributed by atoms with Crippen LogP contribution in [0, 0.1) is 0 Å². The third-order valence-corrected chi connectivity index (χ3v) is 4.22. The zero-order valence-corrected chi connectivity index (χ0v) is 11.0. The zero-order valence-electron chi connectivity index (χ0n) is 10.2. The largest absolute Gasteiger partial charge is 0.323 e. The van der Waals surface area contributed by atoms with Crippen molar-refractivity contribution >= 4 is 23.4 Å². The van der Waals surface area contributed by atoms with E-state index in [1.165, 1.54) is 0 Å². The normalized spacial score (nSPS) is 17.0. The van der Waals surface area contributed by atoms with E-state index in [0.717, 1.165) is 21.9 Å². The summed E-state index contributed by atoms with van der Waals surface area (Å²) >= 11 is 1.70. The number of fused-ring (bicyclic) bond motifs is 1. The van der Waals surface area contributed by atoms with Gasteiger partial charge in [-0.1, -0.05) is 6.07 Å². The minimum atomic E-state index is -0.116. The summed E-state index contributed by atoms with van der Waals surface area (Å²) < 4.78 is 0. The van der Waals surface area contributed by atoms with Crippen molar-refractivity contribution in [3.63, 3.8) is 0 Å². The lowest BCUT2D eigenvalue weighted by atomic mass is 10.1. The number of rotatable bonds is 2. The summed E-state index contributed by atoms with van der Waals surface area (Å²) in [4.78, 5) is 17.1. The molecule has 2 heterocycles. The summed E-state index contributed by atoms with van der Waals surface area (Å²) in [6, 6.07) is 9.27. The second-order valence-electron chi connectivity index (χ2n) is 4.36. The molecule has 0 spiro atoms. The van der Waals surface area contributed by atoms with Gasteiger partial charge in [-0.15, -0.1) is 11.8 Å². The maximum Gasteiger partial charge on any atom is 0.255 e. The van der Waals surface area contributed by atoms with Crippen molar-refractivity contribution < 1.29 is 4.79 Å². The fraction of sp³-hybridized carbons (Fsp3) is 0.143. The molecular formula is C14H13N3OS. The Balaban J connectivity index is 1.81. The van der Waals surface area contributed by atoms with Gasteiger partial charge in [0.05, 0.1) is 0 Å². The van der Waals surface area contributed by atoms with Gasteiger partial charge in [-0.3, -0.25) is 9.78 Å². The second-order valence-corrected chi connectivity index (χ2v) is 5.42. The molecule has 1 aromatic heterocycles. The number of hydrogen-bond donors (Lipinski definition) is 2. The SMILES string of the molecule is N[C@@H]1CSc2cc(C(=O)Nc3ccncc3)ccc21. The minimum Gasteiger partial charge on any atom is -0.323 e. The average molecular weight is 271 g/mol. The third kappa shape index (κ3) is 2.47. The van der Waals surface area contributed by atoms with Crippen molar-refractivity contribution in [1.82, 2.24) is 4.98 Å². The smallest absolute Gasteiger partial charge is 0.255 e. The highest BCUT2D eigenvalue weighted by atomic mass is 32.2. The van der Waals surface area contributed by atoms with Crippen molar-refractivity contribution in [3.05, 3.63) is 53.9 Å². The standard InChI is InChI=1S/C14H13N3OS/c15-12-8-19-13-7-9(1-2-11(12)13)14(18)17-10-3-5-16-6-4-10/h1-7,12H,8,15H2,(H,16,17,18)/t12-/m1/s1. The van der Waals surface area contributed by atoms with Gasteiger partial charge in [0.25, 0.3) is 5.91 Å². The Morgan fingerprint density at radius 2 is 2.11 bits per heavy atom. The molecule has 0 bridgehead atoms. The van der Waals surface area contributed by atoms with E-state index in [4.69, 9.17) is 5.73 Å². The van der Waals surface area contributed by atoms with E-state index >= 15 is 0 Å². The number of nitrogens with two attached hydrogens (primary N) is 1. The summed E-state index contributed by atoms with van der Waals surface area (Å²) in [7, 11) is 0. The molecule has 1 aliphatic heterocycles. The van der Waals surface area contributed by atoms with Crippen molar-refractivity contribution in [1.29, 1.82) is 0 Å². The van der Waals surface area contributed by atoms with E-state index < -0.39 is 0 Å². The molecule has 1 aromatic carbocycles. The number of carbonyl (C=O) groups is 1. The Morgan fingerprint density at radius 1 is 1.32 bits per heavy atom. The number of carbonyl (C=O) groups excluding carboxylic acids is 1. The molecule has 0 saturated carbocycles. The maximum absolute atomic E-state index is 12.1. The summed E-state index contributed by atoms with van der Waals surface area (Å²) in [6.07, 6.45) is 3.29. The number of anilines is 1. The molecule has 0 unspecified atom stereocenters. The first-order valence-electron chi connectivity index (χ1n) is 5.98. The fourth-order valence-electron chi connectivity index (χ4n) is 2.01. The molecule has 3 N–H and O–H groups in total. The molecule has 5 heteroatoms. The van der Waals surface area contributed by atoms with Crippen LogP contribution in [0.1, 0.15) is 22.0 Å². The molecule has 3 rings (SSSR count). The highest BCUT2D eigenvalue weighted by Gasteiger charge is 2.20. The highest BCUT2D eigenvalue weighted by molar-refractivity contribution is 7.99. The Kier molecular flexibility index (Phi) is 3.23. The number of aromatic nitrogens is 1. The number of amides is 1. The molecule has 2 aromatic rings. The van der Waals surface area contributed by atoms with E-state index in [2.05, 4.69) is 10.3 Å². The molecule has 4 nitrogen and oxygen atoms in total. The van der Waals surface area contributed by atoms with Gasteiger partial charge in [0.1, 0.15) is 0 Å². The number of nitrogens with zero attached hydrogens (tertiary/aromatic N) is 1. The van der Waals surface area contributed by atoms with Crippen LogP contribution in [0.4, 0.5) is 5.69 Å². The third-order valence-electron chi connectivity index (χ3n) is 3.03. The van der Waals surface area contributed by atoms with Crippen molar-refractivity contribution in [2.75, 3.05) is 11.1 Å². The number of pyridine rings is 1. The van der Waals surface area contributed by atoms with Gasteiger partial charge in [-0.2, -0.15) is 0 Å². The van der Waals surface area contributed by atoms with Gasteiger partial charge >= 0.3 is 0 Å². The molecule has 1 amide bonds. The van der Waals surface area contributed by atoms with E-state index in [9.17, 15) is 4.79 Å². The summed E-state index contributed by atoms with van der Waals surface area (Å²) in [6.45, 7) is 0. The fourth-order valence-corrected chi connectivity index (χ4v) is 3.15. The molecule has 1 atom stereocenters. The minimum absolute atomic E-state index is 0.0808. The first kappa shape index (κ1) is 12.2. The van der Waals surface area contributed by atoms with E-state index in [-0.39, 0.29) is 11.9 Å². The Bertz CT molecular complexity index is 615. The molecule has 0 aliphatic carbocycles. The van der Waals surface area contributed by atoms with Gasteiger partial charge in [0.15, 0.2) is 0 Å². The zero-order chi connectivity index (χ0) is 13.2. The van der Waals surface area contributed by atoms with Gasteiger partial charge in [0.2, 0.25) is 0 Å². The summed E-state index contributed by atoms with van der Waals surface area (Å²) in [5.41, 5.74) is 8.49. The van der Waals surface area contributed by atoms with Crippen LogP contribution in [0.2, 0.25) is 0 Å². The Morgan fingerprint density at radius 3 is 2.89 bits per heavy atom. The Labute approximate surface area is 115 Å². The first-order chi connectivity index (χ1) is 9.24. The molecule has 1 aliphatic rings. The lowest BCUT2D eigenvalue weighted by Gasteiger charge is -2.07. The van der Waals surface area contributed by atoms with Crippen LogP contribution in [0.15, 0.2) is 47.6 Å². The van der Waals surface area contributed by atoms with E-state index in [1.54, 1.807) is 36.3 Å². The van der Waals surface area contributed by atoms with Crippen LogP contribution in [0.3, 0.4) is 0 Å². The number of thioether (sulfide) groups is 1. The van der Waals surface area contributed by atoms with Crippen LogP contribution in [0.25, 0.3) is 0 Å². The molecule has 19 heavy (non-hydrogen) atoms. The predicted octanol–water partition coefficient (Wildman–Crippen LogP) is 2.44. The number of benzene rings is 1. The number of hydrogen-bond acceptors (Lipinski definition) is 4. The molecule has 0 radical (unpaired) electrons. The first-order valence-corrected chi connectivity index (χ1v) is 6.96. The quantitative estimate of drug-likeness (QED) is 0.880. The van der Waals surface area contributed by atoms with Crippen molar-refractivity contribution in [2.45, 2.75) is 10.9 Å². The van der Waals surface area contributed by atoms with Crippen LogP contribution >= 0.6 is 11.8 Å². The van der Waals surface area contributed by atoms with E-state index in [1.807, 2.05) is 18.2 Å². The van der Waals surface area contributed by atoms with Crippen LogP contribution in [-0.4, -0.2) is 16.6 Å². The lowest BCUT2D eigenvalue weighted by molar-refractivity contribution is 0.102. The number of nitrogens with one attached hydrogen (secondary N) is 1. The second kappa shape index (κ2) is 5.03. The van der Waals surface area contributed by atoms with Crippen molar-refractivity contribution in [3.8, 4) is 0 Å². The Hall–Kier alpha value is -1.85. The van der Waals surface area contributed by atoms with Crippen LogP contribution in [0.5, 0.6) is 0 Å². The van der Waals surface area contributed by atoms with Gasteiger partial charge in [0, 0.05) is 40.3 Å². The van der Waals surface area contributed by atoms with Gasteiger partial charge in [-0.25, -0.2) is 0 Å². The summed E-state index contributed by atoms with van der Waals surface area (Å²) in [5.74, 6) is 0.764. The molecular weight excluding hydrogens is 258 g/mol. The van der Waals surface area contributed by atoms with E-state index in [0.29, 0.717) is 5.56 Å². The van der Waals surface area contributed by atoms with Crippen LogP contribution in [-0.2, 0) is 0 Å². The predicted molar refractivity (Wildman–Crippen MR) is 76.3 cm³/mol. The van der Waals surface area contributed by atoms with Crippen molar-refractivity contribution in [2.24, 2.45) is 5.73 Å². The lowest BCUT2D eigenvalue weighted by Crippen LogP contribution is -2.12. The topological polar surface area (TPSA) is 68.0 Å². The molecule has 0 fully saturated rings. The monoisotopic (exact) mass is 271 g/mol. The maximum atomic E-state index is 12.1.